The van der Waals surface area contributed by atoms with Gasteiger partial charge in [0.05, 0.1) is 4.90 Å². The highest BCUT2D eigenvalue weighted by molar-refractivity contribution is 7.89. The Balaban J connectivity index is 1.56. The number of likely N-dealkylation sites (tertiary alicyclic amines) is 1. The molecule has 0 unspecified atom stereocenters. The van der Waals surface area contributed by atoms with E-state index in [0.29, 0.717) is 30.8 Å². The molecule has 2 aliphatic rings. The molecule has 3 rings (SSSR count). The summed E-state index contributed by atoms with van der Waals surface area (Å²) in [6.45, 7) is 6.84. The maximum absolute atomic E-state index is 12.9. The Bertz CT molecular complexity index is 765. The Morgan fingerprint density at radius 1 is 1.00 bits per heavy atom. The second kappa shape index (κ2) is 9.85. The molecule has 156 valence electrons. The first kappa shape index (κ1) is 21.3. The van der Waals surface area contributed by atoms with E-state index in [0.717, 1.165) is 38.9 Å². The van der Waals surface area contributed by atoms with Crippen molar-refractivity contribution < 1.29 is 13.2 Å². The van der Waals surface area contributed by atoms with Crippen LogP contribution < -0.4 is 5.32 Å². The van der Waals surface area contributed by atoms with Crippen LogP contribution >= 0.6 is 0 Å². The van der Waals surface area contributed by atoms with Crippen molar-refractivity contribution in [3.8, 4) is 0 Å². The molecule has 6 nitrogen and oxygen atoms in total. The summed E-state index contributed by atoms with van der Waals surface area (Å²) in [5.74, 6) is -0.200. The van der Waals surface area contributed by atoms with Crippen molar-refractivity contribution in [3.63, 3.8) is 0 Å². The predicted molar refractivity (Wildman–Crippen MR) is 111 cm³/mol. The van der Waals surface area contributed by atoms with Gasteiger partial charge < -0.3 is 10.2 Å². The summed E-state index contributed by atoms with van der Waals surface area (Å²) in [7, 11) is -3.52. The molecule has 2 aliphatic heterocycles. The van der Waals surface area contributed by atoms with Crippen LogP contribution in [0.2, 0.25) is 0 Å². The third-order valence-electron chi connectivity index (χ3n) is 5.77. The molecule has 1 aromatic rings. The molecule has 2 saturated heterocycles. The molecule has 0 aromatic heterocycles. The first-order valence-corrected chi connectivity index (χ1v) is 12.0. The summed E-state index contributed by atoms with van der Waals surface area (Å²) in [6, 6.07) is 4.98. The Labute approximate surface area is 169 Å². The standard InChI is InChI=1S/C21H33N3O3S/c1-18-9-10-19(17-20(18)28(26,27)24-15-6-7-16-24)21(25)22-11-8-14-23-12-4-2-3-5-13-23/h9-10,17H,2-8,11-16H2,1H3,(H,22,25). The van der Waals surface area contributed by atoms with Crippen LogP contribution in [0.3, 0.4) is 0 Å². The minimum Gasteiger partial charge on any atom is -0.352 e. The SMILES string of the molecule is Cc1ccc(C(=O)NCCCN2CCCCCC2)cc1S(=O)(=O)N1CCCC1. The molecule has 0 atom stereocenters. The molecule has 1 amide bonds. The first-order chi connectivity index (χ1) is 13.5. The Morgan fingerprint density at radius 2 is 1.64 bits per heavy atom. The number of aryl methyl sites for hydroxylation is 1. The van der Waals surface area contributed by atoms with E-state index < -0.39 is 10.0 Å². The first-order valence-electron chi connectivity index (χ1n) is 10.6. The Morgan fingerprint density at radius 3 is 2.32 bits per heavy atom. The number of benzene rings is 1. The van der Waals surface area contributed by atoms with Crippen LogP contribution in [-0.4, -0.2) is 62.8 Å². The summed E-state index contributed by atoms with van der Waals surface area (Å²) in [4.78, 5) is 15.3. The van der Waals surface area contributed by atoms with Crippen molar-refractivity contribution >= 4 is 15.9 Å². The van der Waals surface area contributed by atoms with Gasteiger partial charge in [0, 0.05) is 25.2 Å². The van der Waals surface area contributed by atoms with E-state index in [1.54, 1.807) is 19.1 Å². The number of rotatable bonds is 7. The highest BCUT2D eigenvalue weighted by Gasteiger charge is 2.29. The third-order valence-corrected chi connectivity index (χ3v) is 7.81. The van der Waals surface area contributed by atoms with Gasteiger partial charge in [-0.15, -0.1) is 0 Å². The van der Waals surface area contributed by atoms with Gasteiger partial charge in [-0.1, -0.05) is 18.9 Å². The van der Waals surface area contributed by atoms with Crippen LogP contribution in [0.5, 0.6) is 0 Å². The smallest absolute Gasteiger partial charge is 0.251 e. The molecule has 0 spiro atoms. The maximum atomic E-state index is 12.9. The summed E-state index contributed by atoms with van der Waals surface area (Å²) < 4.78 is 27.3. The molecular formula is C21H33N3O3S. The van der Waals surface area contributed by atoms with E-state index in [1.807, 2.05) is 0 Å². The summed E-state index contributed by atoms with van der Waals surface area (Å²) in [6.07, 6.45) is 7.89. The van der Waals surface area contributed by atoms with Crippen molar-refractivity contribution in [2.24, 2.45) is 0 Å². The van der Waals surface area contributed by atoms with Crippen molar-refractivity contribution in [1.29, 1.82) is 0 Å². The molecule has 0 bridgehead atoms. The maximum Gasteiger partial charge on any atom is 0.251 e. The normalized spacial score (nSPS) is 19.5. The van der Waals surface area contributed by atoms with Crippen LogP contribution in [0.1, 0.15) is 60.9 Å². The third kappa shape index (κ3) is 5.33. The van der Waals surface area contributed by atoms with E-state index in [-0.39, 0.29) is 10.8 Å². The molecule has 7 heteroatoms. The van der Waals surface area contributed by atoms with E-state index in [2.05, 4.69) is 10.2 Å². The Hall–Kier alpha value is -1.44. The topological polar surface area (TPSA) is 69.7 Å². The molecule has 0 radical (unpaired) electrons. The van der Waals surface area contributed by atoms with E-state index in [4.69, 9.17) is 0 Å². The highest BCUT2D eigenvalue weighted by atomic mass is 32.2. The second-order valence-corrected chi connectivity index (χ2v) is 9.86. The highest BCUT2D eigenvalue weighted by Crippen LogP contribution is 2.24. The van der Waals surface area contributed by atoms with E-state index in [9.17, 15) is 13.2 Å². The summed E-state index contributed by atoms with van der Waals surface area (Å²) in [5, 5.41) is 2.95. The van der Waals surface area contributed by atoms with Gasteiger partial charge in [0.1, 0.15) is 0 Å². The molecule has 2 heterocycles. The van der Waals surface area contributed by atoms with Crippen molar-refractivity contribution in [1.82, 2.24) is 14.5 Å². The predicted octanol–water partition coefficient (Wildman–Crippen LogP) is 2.78. The molecule has 0 saturated carbocycles. The van der Waals surface area contributed by atoms with Crippen LogP contribution in [0.15, 0.2) is 23.1 Å². The van der Waals surface area contributed by atoms with E-state index >= 15 is 0 Å². The van der Waals surface area contributed by atoms with Crippen molar-refractivity contribution in [3.05, 3.63) is 29.3 Å². The average molecular weight is 408 g/mol. The van der Waals surface area contributed by atoms with Gasteiger partial charge in [-0.25, -0.2) is 8.42 Å². The minimum atomic E-state index is -3.52. The number of carbonyl (C=O) groups is 1. The van der Waals surface area contributed by atoms with Gasteiger partial charge in [-0.05, 0) is 76.4 Å². The zero-order chi connectivity index (χ0) is 20.0. The van der Waals surface area contributed by atoms with Gasteiger partial charge in [0.15, 0.2) is 0 Å². The van der Waals surface area contributed by atoms with Crippen LogP contribution in [-0.2, 0) is 10.0 Å². The van der Waals surface area contributed by atoms with Crippen LogP contribution in [0, 0.1) is 6.92 Å². The molecule has 2 fully saturated rings. The Kier molecular flexibility index (Phi) is 7.48. The van der Waals surface area contributed by atoms with Crippen LogP contribution in [0.25, 0.3) is 0 Å². The fraction of sp³-hybridized carbons (Fsp3) is 0.667. The number of sulfonamides is 1. The summed E-state index contributed by atoms with van der Waals surface area (Å²) >= 11 is 0. The van der Waals surface area contributed by atoms with Gasteiger partial charge in [-0.2, -0.15) is 4.31 Å². The largest absolute Gasteiger partial charge is 0.352 e. The summed E-state index contributed by atoms with van der Waals surface area (Å²) in [5.41, 5.74) is 1.10. The van der Waals surface area contributed by atoms with Crippen LogP contribution in [0.4, 0.5) is 0 Å². The fourth-order valence-electron chi connectivity index (χ4n) is 4.05. The number of nitrogens with one attached hydrogen (secondary N) is 1. The van der Waals surface area contributed by atoms with Crippen molar-refractivity contribution in [2.45, 2.75) is 56.8 Å². The van der Waals surface area contributed by atoms with Gasteiger partial charge in [0.25, 0.3) is 5.91 Å². The number of hydrogen-bond acceptors (Lipinski definition) is 4. The minimum absolute atomic E-state index is 0.200. The number of amides is 1. The number of nitrogens with zero attached hydrogens (tertiary/aromatic N) is 2. The molecule has 1 N–H and O–H groups in total. The second-order valence-electron chi connectivity index (χ2n) is 7.96. The van der Waals surface area contributed by atoms with Gasteiger partial charge in [-0.3, -0.25) is 4.79 Å². The molecule has 28 heavy (non-hydrogen) atoms. The van der Waals surface area contributed by atoms with Gasteiger partial charge >= 0.3 is 0 Å². The van der Waals surface area contributed by atoms with Gasteiger partial charge in [0.2, 0.25) is 10.0 Å². The lowest BCUT2D eigenvalue weighted by Crippen LogP contribution is -2.31. The lowest BCUT2D eigenvalue weighted by atomic mass is 10.1. The zero-order valence-corrected chi connectivity index (χ0v) is 17.8. The van der Waals surface area contributed by atoms with Crippen molar-refractivity contribution in [2.75, 3.05) is 39.3 Å². The molecule has 0 aliphatic carbocycles. The monoisotopic (exact) mass is 407 g/mol. The van der Waals surface area contributed by atoms with E-state index in [1.165, 1.54) is 36.1 Å². The lowest BCUT2D eigenvalue weighted by Gasteiger charge is -2.19. The lowest BCUT2D eigenvalue weighted by molar-refractivity contribution is 0.0951. The molecule has 1 aromatic carbocycles. The quantitative estimate of drug-likeness (QED) is 0.706. The molecular weight excluding hydrogens is 374 g/mol. The number of hydrogen-bond donors (Lipinski definition) is 1. The fourth-order valence-corrected chi connectivity index (χ4v) is 5.82. The zero-order valence-electron chi connectivity index (χ0n) is 17.0. The average Bonchev–Trinajstić information content (AvgIpc) is 3.11. The number of carbonyl (C=O) groups excluding carboxylic acids is 1.